The maximum Gasteiger partial charge on any atom is 0.362 e. The molecule has 114 valence electrons. The van der Waals surface area contributed by atoms with E-state index in [0.717, 1.165) is 10.8 Å². The Kier molecular flexibility index (Phi) is 4.30. The van der Waals surface area contributed by atoms with Gasteiger partial charge >= 0.3 is 10.2 Å². The van der Waals surface area contributed by atoms with Gasteiger partial charge < -0.3 is 0 Å². The molecule has 0 N–H and O–H groups in total. The van der Waals surface area contributed by atoms with Crippen LogP contribution < -0.4 is 0 Å². The van der Waals surface area contributed by atoms with Crippen molar-refractivity contribution >= 4 is 33.4 Å². The van der Waals surface area contributed by atoms with Crippen LogP contribution in [0, 0.1) is 0 Å². The van der Waals surface area contributed by atoms with E-state index >= 15 is 0 Å². The first-order chi connectivity index (χ1) is 11.1. The SMILES string of the molecule is O=S(=O)(/N=C/c1ccccc1)/N=C/c1ccc2ccccc2c1. The Labute approximate surface area is 135 Å². The molecule has 0 fully saturated rings. The molecular weight excluding hydrogens is 308 g/mol. The molecule has 0 heterocycles. The van der Waals surface area contributed by atoms with E-state index in [-0.39, 0.29) is 0 Å². The van der Waals surface area contributed by atoms with Gasteiger partial charge in [-0.1, -0.05) is 66.7 Å². The van der Waals surface area contributed by atoms with Gasteiger partial charge in [0, 0.05) is 12.4 Å². The number of rotatable bonds is 4. The zero-order valence-electron chi connectivity index (χ0n) is 12.2. The van der Waals surface area contributed by atoms with Crippen molar-refractivity contribution in [3.63, 3.8) is 0 Å². The fourth-order valence-corrected chi connectivity index (χ4v) is 2.67. The van der Waals surface area contributed by atoms with Gasteiger partial charge in [0.05, 0.1) is 0 Å². The molecule has 0 unspecified atom stereocenters. The summed E-state index contributed by atoms with van der Waals surface area (Å²) in [5, 5.41) is 2.12. The predicted octanol–water partition coefficient (Wildman–Crippen LogP) is 3.62. The fraction of sp³-hybridized carbons (Fsp3) is 0. The monoisotopic (exact) mass is 322 g/mol. The smallest absolute Gasteiger partial charge is 0.179 e. The van der Waals surface area contributed by atoms with E-state index in [9.17, 15) is 8.42 Å². The van der Waals surface area contributed by atoms with E-state index in [4.69, 9.17) is 0 Å². The van der Waals surface area contributed by atoms with Gasteiger partial charge in [-0.15, -0.1) is 0 Å². The van der Waals surface area contributed by atoms with Crippen molar-refractivity contribution < 1.29 is 8.42 Å². The molecule has 0 aromatic heterocycles. The minimum Gasteiger partial charge on any atom is -0.179 e. The van der Waals surface area contributed by atoms with Gasteiger partial charge in [-0.3, -0.25) is 0 Å². The fourth-order valence-electron chi connectivity index (χ4n) is 2.11. The van der Waals surface area contributed by atoms with Crippen molar-refractivity contribution in [2.45, 2.75) is 0 Å². The van der Waals surface area contributed by atoms with E-state index in [1.807, 2.05) is 60.7 Å². The first kappa shape index (κ1) is 15.1. The van der Waals surface area contributed by atoms with Gasteiger partial charge in [-0.2, -0.15) is 17.2 Å². The van der Waals surface area contributed by atoms with Crippen LogP contribution in [-0.4, -0.2) is 20.8 Å². The summed E-state index contributed by atoms with van der Waals surface area (Å²) in [4.78, 5) is 0. The van der Waals surface area contributed by atoms with E-state index < -0.39 is 10.2 Å². The molecule has 0 atom stereocenters. The highest BCUT2D eigenvalue weighted by Gasteiger charge is 2.02. The second-order valence-electron chi connectivity index (χ2n) is 4.93. The topological polar surface area (TPSA) is 58.9 Å². The molecule has 0 bridgehead atoms. The molecule has 3 aromatic rings. The van der Waals surface area contributed by atoms with Crippen LogP contribution in [0.4, 0.5) is 0 Å². The highest BCUT2D eigenvalue weighted by Crippen LogP contribution is 2.14. The quantitative estimate of drug-likeness (QED) is 0.689. The van der Waals surface area contributed by atoms with Gasteiger partial charge in [-0.05, 0) is 28.0 Å². The average Bonchev–Trinajstić information content (AvgIpc) is 2.59. The number of hydrogen-bond acceptors (Lipinski definition) is 2. The molecule has 0 amide bonds. The summed E-state index contributed by atoms with van der Waals surface area (Å²) in [7, 11) is -3.89. The van der Waals surface area contributed by atoms with Gasteiger partial charge in [0.2, 0.25) is 0 Å². The van der Waals surface area contributed by atoms with Crippen molar-refractivity contribution in [1.82, 2.24) is 0 Å². The summed E-state index contributed by atoms with van der Waals surface area (Å²) >= 11 is 0. The van der Waals surface area contributed by atoms with Crippen LogP contribution in [0.3, 0.4) is 0 Å². The lowest BCUT2D eigenvalue weighted by Gasteiger charge is -1.98. The molecule has 0 aliphatic heterocycles. The van der Waals surface area contributed by atoms with E-state index in [1.54, 1.807) is 12.1 Å². The van der Waals surface area contributed by atoms with Gasteiger partial charge in [0.1, 0.15) is 0 Å². The van der Waals surface area contributed by atoms with Crippen LogP contribution in [-0.2, 0) is 10.2 Å². The largest absolute Gasteiger partial charge is 0.362 e. The zero-order chi connectivity index (χ0) is 16.1. The summed E-state index contributed by atoms with van der Waals surface area (Å²) in [5.41, 5.74) is 1.42. The van der Waals surface area contributed by atoms with E-state index in [0.29, 0.717) is 11.1 Å². The summed E-state index contributed by atoms with van der Waals surface area (Å²) in [6.07, 6.45) is 2.59. The summed E-state index contributed by atoms with van der Waals surface area (Å²) in [6.45, 7) is 0. The first-order valence-electron chi connectivity index (χ1n) is 7.02. The van der Waals surface area contributed by atoms with Crippen molar-refractivity contribution in [3.8, 4) is 0 Å². The summed E-state index contributed by atoms with van der Waals surface area (Å²) in [6, 6.07) is 22.5. The molecule has 0 spiro atoms. The second-order valence-corrected chi connectivity index (χ2v) is 6.25. The van der Waals surface area contributed by atoms with Crippen LogP contribution in [0.5, 0.6) is 0 Å². The highest BCUT2D eigenvalue weighted by molar-refractivity contribution is 7.89. The maximum atomic E-state index is 11.8. The third-order valence-corrected chi connectivity index (χ3v) is 3.99. The first-order valence-corrected chi connectivity index (χ1v) is 8.42. The Hall–Kier alpha value is -2.79. The molecule has 4 nitrogen and oxygen atoms in total. The van der Waals surface area contributed by atoms with Crippen molar-refractivity contribution in [2.75, 3.05) is 0 Å². The standard InChI is InChI=1S/C18H14N2O2S/c21-23(22,19-13-15-6-2-1-3-7-15)20-14-16-10-11-17-8-4-5-9-18(17)12-16/h1-14H/b19-13+,20-14+. The predicted molar refractivity (Wildman–Crippen MR) is 94.5 cm³/mol. The third kappa shape index (κ3) is 4.11. The molecule has 5 heteroatoms. The normalized spacial score (nSPS) is 12.3. The number of nitrogens with zero attached hydrogens (tertiary/aromatic N) is 2. The summed E-state index contributed by atoms with van der Waals surface area (Å²) < 4.78 is 30.8. The molecule has 0 aliphatic carbocycles. The molecular formula is C18H14N2O2S. The van der Waals surface area contributed by atoms with Crippen molar-refractivity contribution in [1.29, 1.82) is 0 Å². The van der Waals surface area contributed by atoms with Crippen LogP contribution in [0.2, 0.25) is 0 Å². The number of fused-ring (bicyclic) bond motifs is 1. The highest BCUT2D eigenvalue weighted by atomic mass is 32.2. The Balaban J connectivity index is 1.81. The lowest BCUT2D eigenvalue weighted by Crippen LogP contribution is -1.93. The maximum absolute atomic E-state index is 11.8. The molecule has 0 saturated heterocycles. The number of benzene rings is 3. The van der Waals surface area contributed by atoms with Crippen LogP contribution in [0.25, 0.3) is 10.8 Å². The Morgan fingerprint density at radius 1 is 0.652 bits per heavy atom. The lowest BCUT2D eigenvalue weighted by atomic mass is 10.1. The minimum absolute atomic E-state index is 0.706. The van der Waals surface area contributed by atoms with Crippen molar-refractivity contribution in [2.24, 2.45) is 8.80 Å². The molecule has 0 saturated carbocycles. The number of hydrogen-bond donors (Lipinski definition) is 0. The van der Waals surface area contributed by atoms with E-state index in [1.165, 1.54) is 12.4 Å². The Bertz CT molecular complexity index is 978. The van der Waals surface area contributed by atoms with E-state index in [2.05, 4.69) is 8.80 Å². The summed E-state index contributed by atoms with van der Waals surface area (Å²) in [5.74, 6) is 0. The van der Waals surface area contributed by atoms with Gasteiger partial charge in [0.25, 0.3) is 0 Å². The van der Waals surface area contributed by atoms with Crippen LogP contribution in [0.15, 0.2) is 81.6 Å². The third-order valence-electron chi connectivity index (χ3n) is 3.24. The molecule has 3 rings (SSSR count). The Morgan fingerprint density at radius 3 is 2.00 bits per heavy atom. The molecule has 0 aliphatic rings. The molecule has 0 radical (unpaired) electrons. The zero-order valence-corrected chi connectivity index (χ0v) is 13.0. The van der Waals surface area contributed by atoms with Crippen LogP contribution >= 0.6 is 0 Å². The second kappa shape index (κ2) is 6.54. The molecule has 3 aromatic carbocycles. The lowest BCUT2D eigenvalue weighted by molar-refractivity contribution is 0.600. The molecule has 23 heavy (non-hydrogen) atoms. The van der Waals surface area contributed by atoms with Crippen molar-refractivity contribution in [3.05, 3.63) is 83.9 Å². The minimum atomic E-state index is -3.89. The Morgan fingerprint density at radius 2 is 1.26 bits per heavy atom. The average molecular weight is 322 g/mol. The van der Waals surface area contributed by atoms with Gasteiger partial charge in [-0.25, -0.2) is 0 Å². The van der Waals surface area contributed by atoms with Crippen LogP contribution in [0.1, 0.15) is 11.1 Å². The van der Waals surface area contributed by atoms with Gasteiger partial charge in [0.15, 0.2) is 0 Å².